The maximum atomic E-state index is 6.12. The summed E-state index contributed by atoms with van der Waals surface area (Å²) in [7, 11) is 2.01. The van der Waals surface area contributed by atoms with Gasteiger partial charge in [-0.05, 0) is 68.0 Å². The first-order valence-corrected chi connectivity index (χ1v) is 8.78. The average Bonchev–Trinajstić information content (AvgIpc) is 2.60. The summed E-state index contributed by atoms with van der Waals surface area (Å²) in [6.07, 6.45) is 6.12. The zero-order valence-corrected chi connectivity index (χ0v) is 14.1. The molecular formula is C21H27NO. The van der Waals surface area contributed by atoms with Crippen LogP contribution in [-0.2, 0) is 19.3 Å². The second-order valence-corrected chi connectivity index (χ2v) is 6.56. The van der Waals surface area contributed by atoms with Crippen LogP contribution in [0.1, 0.15) is 29.5 Å². The molecule has 2 aromatic rings. The maximum Gasteiger partial charge on any atom is 0.119 e. The molecule has 2 nitrogen and oxygen atoms in total. The van der Waals surface area contributed by atoms with Crippen LogP contribution >= 0.6 is 0 Å². The smallest absolute Gasteiger partial charge is 0.119 e. The summed E-state index contributed by atoms with van der Waals surface area (Å²) in [5.41, 5.74) is 4.38. The van der Waals surface area contributed by atoms with Gasteiger partial charge in [0.25, 0.3) is 0 Å². The number of benzene rings is 2. The molecule has 2 aromatic carbocycles. The van der Waals surface area contributed by atoms with Crippen LogP contribution in [-0.4, -0.2) is 20.2 Å². The molecule has 0 aromatic heterocycles. The Labute approximate surface area is 139 Å². The summed E-state index contributed by atoms with van der Waals surface area (Å²) < 4.78 is 6.12. The Morgan fingerprint density at radius 3 is 2.57 bits per heavy atom. The van der Waals surface area contributed by atoms with Crippen LogP contribution in [0, 0.1) is 5.92 Å². The number of rotatable bonds is 7. The van der Waals surface area contributed by atoms with Crippen molar-refractivity contribution in [3.05, 3.63) is 65.2 Å². The summed E-state index contributed by atoms with van der Waals surface area (Å²) in [4.78, 5) is 0. The van der Waals surface area contributed by atoms with Crippen molar-refractivity contribution in [2.75, 3.05) is 20.2 Å². The molecular weight excluding hydrogens is 282 g/mol. The quantitative estimate of drug-likeness (QED) is 0.834. The highest BCUT2D eigenvalue weighted by Crippen LogP contribution is 2.25. The van der Waals surface area contributed by atoms with Gasteiger partial charge < -0.3 is 10.1 Å². The third-order valence-electron chi connectivity index (χ3n) is 4.67. The predicted octanol–water partition coefficient (Wildman–Crippen LogP) is 4.02. The molecule has 3 rings (SSSR count). The Kier molecular flexibility index (Phi) is 5.71. The second-order valence-electron chi connectivity index (χ2n) is 6.56. The minimum absolute atomic E-state index is 0.485. The third kappa shape index (κ3) is 4.59. The van der Waals surface area contributed by atoms with Gasteiger partial charge in [-0.25, -0.2) is 0 Å². The lowest BCUT2D eigenvalue weighted by molar-refractivity contribution is 0.245. The van der Waals surface area contributed by atoms with Crippen LogP contribution in [0.15, 0.2) is 48.5 Å². The fourth-order valence-corrected chi connectivity index (χ4v) is 3.44. The molecule has 0 spiro atoms. The van der Waals surface area contributed by atoms with Gasteiger partial charge >= 0.3 is 0 Å². The van der Waals surface area contributed by atoms with Gasteiger partial charge in [-0.1, -0.05) is 36.4 Å². The van der Waals surface area contributed by atoms with Crippen molar-refractivity contribution in [2.24, 2.45) is 5.92 Å². The number of hydrogen-bond donors (Lipinski definition) is 1. The van der Waals surface area contributed by atoms with E-state index in [-0.39, 0.29) is 0 Å². The van der Waals surface area contributed by atoms with E-state index in [1.807, 2.05) is 7.05 Å². The Morgan fingerprint density at radius 1 is 1.00 bits per heavy atom. The van der Waals surface area contributed by atoms with Gasteiger partial charge in [0.05, 0.1) is 6.61 Å². The molecule has 0 amide bonds. The first-order valence-electron chi connectivity index (χ1n) is 8.78. The van der Waals surface area contributed by atoms with Gasteiger partial charge in [0.2, 0.25) is 0 Å². The van der Waals surface area contributed by atoms with Gasteiger partial charge in [-0.3, -0.25) is 0 Å². The normalized spacial score (nSPS) is 15.0. The van der Waals surface area contributed by atoms with E-state index in [1.165, 1.54) is 42.4 Å². The highest BCUT2D eigenvalue weighted by Gasteiger charge is 2.13. The van der Waals surface area contributed by atoms with E-state index in [4.69, 9.17) is 4.74 Å². The molecule has 0 saturated carbocycles. The van der Waals surface area contributed by atoms with Crippen LogP contribution in [0.5, 0.6) is 5.75 Å². The molecule has 1 aliphatic rings. The summed E-state index contributed by atoms with van der Waals surface area (Å²) in [5.74, 6) is 1.51. The fourth-order valence-electron chi connectivity index (χ4n) is 3.44. The molecule has 1 atom stereocenters. The van der Waals surface area contributed by atoms with Crippen LogP contribution in [0.3, 0.4) is 0 Å². The Morgan fingerprint density at radius 2 is 1.78 bits per heavy atom. The van der Waals surface area contributed by atoms with Crippen molar-refractivity contribution >= 4 is 0 Å². The SMILES string of the molecule is CNCC(COc1ccc2c(c1)CCCC2)Cc1ccccc1. The zero-order valence-electron chi connectivity index (χ0n) is 14.1. The number of nitrogens with one attached hydrogen (secondary N) is 1. The van der Waals surface area contributed by atoms with Crippen LogP contribution in [0.4, 0.5) is 0 Å². The van der Waals surface area contributed by atoms with Gasteiger partial charge in [0.1, 0.15) is 5.75 Å². The minimum Gasteiger partial charge on any atom is -0.493 e. The van der Waals surface area contributed by atoms with E-state index in [1.54, 1.807) is 0 Å². The molecule has 2 heteroatoms. The standard InChI is InChI=1S/C21H27NO/c1-22-15-18(13-17-7-3-2-4-8-17)16-23-21-12-11-19-9-5-6-10-20(19)14-21/h2-4,7-8,11-12,14,18,22H,5-6,9-10,13,15-16H2,1H3. The number of aryl methyl sites for hydroxylation is 2. The van der Waals surface area contributed by atoms with Crippen LogP contribution in [0.2, 0.25) is 0 Å². The summed E-state index contributed by atoms with van der Waals surface area (Å²) in [5, 5.41) is 3.29. The number of hydrogen-bond acceptors (Lipinski definition) is 2. The van der Waals surface area contributed by atoms with E-state index < -0.39 is 0 Å². The summed E-state index contributed by atoms with van der Waals surface area (Å²) in [6.45, 7) is 1.73. The second kappa shape index (κ2) is 8.16. The molecule has 0 radical (unpaired) electrons. The fraction of sp³-hybridized carbons (Fsp3) is 0.429. The molecule has 0 fully saturated rings. The molecule has 0 bridgehead atoms. The van der Waals surface area contributed by atoms with Gasteiger partial charge in [-0.15, -0.1) is 0 Å². The zero-order chi connectivity index (χ0) is 15.9. The molecule has 0 aliphatic heterocycles. The van der Waals surface area contributed by atoms with Crippen molar-refractivity contribution in [1.29, 1.82) is 0 Å². The lowest BCUT2D eigenvalue weighted by Crippen LogP contribution is -2.26. The Hall–Kier alpha value is -1.80. The Balaban J connectivity index is 1.60. The summed E-state index contributed by atoms with van der Waals surface area (Å²) >= 11 is 0. The van der Waals surface area contributed by atoms with Gasteiger partial charge in [-0.2, -0.15) is 0 Å². The van der Waals surface area contributed by atoms with Crippen molar-refractivity contribution in [3.8, 4) is 5.75 Å². The largest absolute Gasteiger partial charge is 0.493 e. The van der Waals surface area contributed by atoms with Crippen molar-refractivity contribution < 1.29 is 4.74 Å². The highest BCUT2D eigenvalue weighted by molar-refractivity contribution is 5.37. The minimum atomic E-state index is 0.485. The average molecular weight is 309 g/mol. The lowest BCUT2D eigenvalue weighted by atomic mass is 9.92. The molecule has 1 unspecified atom stereocenters. The third-order valence-corrected chi connectivity index (χ3v) is 4.67. The number of ether oxygens (including phenoxy) is 1. The first-order chi connectivity index (χ1) is 11.3. The van der Waals surface area contributed by atoms with E-state index in [0.29, 0.717) is 5.92 Å². The van der Waals surface area contributed by atoms with E-state index >= 15 is 0 Å². The molecule has 1 N–H and O–H groups in total. The van der Waals surface area contributed by atoms with Crippen molar-refractivity contribution in [3.63, 3.8) is 0 Å². The molecule has 0 saturated heterocycles. The topological polar surface area (TPSA) is 21.3 Å². The van der Waals surface area contributed by atoms with Crippen LogP contribution < -0.4 is 10.1 Å². The van der Waals surface area contributed by atoms with Gasteiger partial charge in [0.15, 0.2) is 0 Å². The van der Waals surface area contributed by atoms with Crippen molar-refractivity contribution in [1.82, 2.24) is 5.32 Å². The van der Waals surface area contributed by atoms with E-state index in [2.05, 4.69) is 53.8 Å². The lowest BCUT2D eigenvalue weighted by Gasteiger charge is -2.20. The van der Waals surface area contributed by atoms with E-state index in [9.17, 15) is 0 Å². The van der Waals surface area contributed by atoms with E-state index in [0.717, 1.165) is 25.3 Å². The molecule has 0 heterocycles. The van der Waals surface area contributed by atoms with Crippen molar-refractivity contribution in [2.45, 2.75) is 32.1 Å². The highest BCUT2D eigenvalue weighted by atomic mass is 16.5. The molecule has 23 heavy (non-hydrogen) atoms. The predicted molar refractivity (Wildman–Crippen MR) is 96.1 cm³/mol. The maximum absolute atomic E-state index is 6.12. The first kappa shape index (κ1) is 16.1. The summed E-state index contributed by atoms with van der Waals surface area (Å²) in [6, 6.07) is 17.3. The van der Waals surface area contributed by atoms with Gasteiger partial charge in [0, 0.05) is 12.5 Å². The number of fused-ring (bicyclic) bond motifs is 1. The monoisotopic (exact) mass is 309 g/mol. The molecule has 122 valence electrons. The molecule has 1 aliphatic carbocycles. The Bertz CT molecular complexity index is 608. The van der Waals surface area contributed by atoms with Crippen LogP contribution in [0.25, 0.3) is 0 Å².